The fourth-order valence-corrected chi connectivity index (χ4v) is 1.53. The Morgan fingerprint density at radius 1 is 1.50 bits per heavy atom. The minimum Gasteiger partial charge on any atom is -0.497 e. The van der Waals surface area contributed by atoms with Gasteiger partial charge in [0.05, 0.1) is 18.3 Å². The first kappa shape index (κ1) is 12.6. The molecule has 0 aromatic heterocycles. The fraction of sp³-hybridized carbons (Fsp3) is 0.333. The van der Waals surface area contributed by atoms with E-state index < -0.39 is 0 Å². The molecule has 0 bridgehead atoms. The molecule has 1 aromatic rings. The third-order valence-electron chi connectivity index (χ3n) is 2.19. The average molecular weight is 235 g/mol. The molecule has 0 aliphatic carbocycles. The van der Waals surface area contributed by atoms with Crippen LogP contribution >= 0.6 is 12.2 Å². The largest absolute Gasteiger partial charge is 0.497 e. The van der Waals surface area contributed by atoms with Crippen LogP contribution in [-0.2, 0) is 4.79 Å². The number of ether oxygens (including phenoxy) is 1. The molecule has 0 saturated heterocycles. The van der Waals surface area contributed by atoms with E-state index in [0.29, 0.717) is 6.42 Å². The molecule has 84 valence electrons. The molecule has 0 saturated carbocycles. The highest BCUT2D eigenvalue weighted by Crippen LogP contribution is 2.23. The van der Waals surface area contributed by atoms with E-state index in [-0.39, 0.29) is 11.8 Å². The number of carbonyl (C=O) groups is 1. The molecule has 1 unspecified atom stereocenters. The van der Waals surface area contributed by atoms with Gasteiger partial charge in [-0.1, -0.05) is 12.1 Å². The number of aliphatic imine (C=N–C) groups is 1. The zero-order valence-corrected chi connectivity index (χ0v) is 10.1. The lowest BCUT2D eigenvalue weighted by Gasteiger charge is -2.09. The molecule has 0 heterocycles. The van der Waals surface area contributed by atoms with Gasteiger partial charge in [-0.3, -0.25) is 4.79 Å². The van der Waals surface area contributed by atoms with E-state index in [4.69, 9.17) is 4.74 Å². The molecular weight excluding hydrogens is 222 g/mol. The van der Waals surface area contributed by atoms with Crippen molar-refractivity contribution in [1.82, 2.24) is 0 Å². The van der Waals surface area contributed by atoms with Gasteiger partial charge >= 0.3 is 0 Å². The minimum absolute atomic E-state index is 0.0785. The van der Waals surface area contributed by atoms with Gasteiger partial charge in [0.25, 0.3) is 0 Å². The molecule has 1 rings (SSSR count). The normalized spacial score (nSPS) is 11.4. The quantitative estimate of drug-likeness (QED) is 0.582. The first-order chi connectivity index (χ1) is 7.67. The van der Waals surface area contributed by atoms with Crippen molar-refractivity contribution in [1.29, 1.82) is 0 Å². The third kappa shape index (κ3) is 3.57. The molecule has 0 spiro atoms. The summed E-state index contributed by atoms with van der Waals surface area (Å²) >= 11 is 4.58. The maximum absolute atomic E-state index is 11.1. The summed E-state index contributed by atoms with van der Waals surface area (Å²) in [5.74, 6) is 0.853. The Bertz CT molecular complexity index is 408. The fourth-order valence-electron chi connectivity index (χ4n) is 1.40. The van der Waals surface area contributed by atoms with Crippen LogP contribution in [0.5, 0.6) is 5.75 Å². The van der Waals surface area contributed by atoms with Crippen LogP contribution in [0.15, 0.2) is 29.3 Å². The summed E-state index contributed by atoms with van der Waals surface area (Å²) < 4.78 is 5.06. The topological polar surface area (TPSA) is 38.7 Å². The number of carbonyl (C=O) groups excluding carboxylic acids is 1. The number of nitrogens with zero attached hydrogens (tertiary/aromatic N) is 1. The van der Waals surface area contributed by atoms with Crippen LogP contribution in [0.3, 0.4) is 0 Å². The van der Waals surface area contributed by atoms with Crippen molar-refractivity contribution < 1.29 is 9.53 Å². The zero-order valence-electron chi connectivity index (χ0n) is 9.27. The van der Waals surface area contributed by atoms with E-state index in [9.17, 15) is 4.79 Å². The van der Waals surface area contributed by atoms with Gasteiger partial charge in [-0.15, -0.1) is 0 Å². The lowest BCUT2D eigenvalue weighted by atomic mass is 10.0. The van der Waals surface area contributed by atoms with Crippen molar-refractivity contribution in [2.45, 2.75) is 19.4 Å². The van der Waals surface area contributed by atoms with E-state index in [1.54, 1.807) is 7.11 Å². The Hall–Kier alpha value is -1.51. The van der Waals surface area contributed by atoms with Gasteiger partial charge < -0.3 is 4.74 Å². The molecular formula is C12H13NO2S. The van der Waals surface area contributed by atoms with Crippen LogP contribution < -0.4 is 4.74 Å². The maximum Gasteiger partial charge on any atom is 0.132 e. The second-order valence-corrected chi connectivity index (χ2v) is 3.60. The van der Waals surface area contributed by atoms with Crippen LogP contribution in [0, 0.1) is 0 Å². The molecule has 1 aromatic carbocycles. The van der Waals surface area contributed by atoms with E-state index in [1.807, 2.05) is 24.3 Å². The number of thiocarbonyl (C=S) groups is 1. The molecule has 3 nitrogen and oxygen atoms in total. The Kier molecular flexibility index (Phi) is 4.83. The van der Waals surface area contributed by atoms with Gasteiger partial charge in [0.2, 0.25) is 0 Å². The van der Waals surface area contributed by atoms with Crippen LogP contribution in [0.4, 0.5) is 0 Å². The van der Waals surface area contributed by atoms with Crippen LogP contribution in [-0.4, -0.2) is 18.1 Å². The highest BCUT2D eigenvalue weighted by Gasteiger charge is 2.12. The summed E-state index contributed by atoms with van der Waals surface area (Å²) in [7, 11) is 1.61. The number of benzene rings is 1. The van der Waals surface area contributed by atoms with Gasteiger partial charge in [0, 0.05) is 6.42 Å². The van der Waals surface area contributed by atoms with Gasteiger partial charge in [-0.2, -0.15) is 0 Å². The smallest absolute Gasteiger partial charge is 0.132 e. The van der Waals surface area contributed by atoms with Crippen LogP contribution in [0.25, 0.3) is 0 Å². The van der Waals surface area contributed by atoms with Crippen molar-refractivity contribution in [3.63, 3.8) is 0 Å². The molecule has 0 N–H and O–H groups in total. The van der Waals surface area contributed by atoms with Crippen molar-refractivity contribution in [3.05, 3.63) is 29.8 Å². The molecule has 0 aliphatic heterocycles. The molecule has 0 aliphatic rings. The standard InChI is InChI=1S/C12H13NO2S/c1-9(14)7-12(13-8-16)10-3-5-11(15-2)6-4-10/h3-6,12H,7H2,1-2H3. The average Bonchev–Trinajstić information content (AvgIpc) is 2.28. The molecule has 0 amide bonds. The van der Waals surface area contributed by atoms with E-state index in [2.05, 4.69) is 22.4 Å². The first-order valence-electron chi connectivity index (χ1n) is 4.87. The highest BCUT2D eigenvalue weighted by molar-refractivity contribution is 7.78. The zero-order chi connectivity index (χ0) is 12.0. The second kappa shape index (κ2) is 6.16. The lowest BCUT2D eigenvalue weighted by molar-refractivity contribution is -0.117. The van der Waals surface area contributed by atoms with Gasteiger partial charge in [-0.25, -0.2) is 4.99 Å². The summed E-state index contributed by atoms with van der Waals surface area (Å²) in [6.07, 6.45) is 0.343. The highest BCUT2D eigenvalue weighted by atomic mass is 32.1. The first-order valence-corrected chi connectivity index (χ1v) is 5.28. The summed E-state index contributed by atoms with van der Waals surface area (Å²) in [6.45, 7) is 1.54. The summed E-state index contributed by atoms with van der Waals surface area (Å²) in [4.78, 5) is 15.1. The van der Waals surface area contributed by atoms with E-state index in [1.165, 1.54) is 6.92 Å². The Labute approximate surface area is 100 Å². The molecule has 1 atom stereocenters. The number of methoxy groups -OCH3 is 1. The monoisotopic (exact) mass is 235 g/mol. The molecule has 0 radical (unpaired) electrons. The predicted molar refractivity (Wildman–Crippen MR) is 66.1 cm³/mol. The van der Waals surface area contributed by atoms with Gasteiger partial charge in [0.1, 0.15) is 11.5 Å². The van der Waals surface area contributed by atoms with E-state index >= 15 is 0 Å². The predicted octanol–water partition coefficient (Wildman–Crippen LogP) is 2.82. The van der Waals surface area contributed by atoms with Crippen molar-refractivity contribution >= 4 is 23.2 Å². The maximum atomic E-state index is 11.1. The number of ketones is 1. The van der Waals surface area contributed by atoms with Crippen LogP contribution in [0.1, 0.15) is 24.9 Å². The summed E-state index contributed by atoms with van der Waals surface area (Å²) in [5, 5.41) is 2.33. The Morgan fingerprint density at radius 3 is 2.56 bits per heavy atom. The summed E-state index contributed by atoms with van der Waals surface area (Å²) in [5.41, 5.74) is 0.938. The number of isothiocyanates is 1. The molecule has 4 heteroatoms. The van der Waals surface area contributed by atoms with E-state index in [0.717, 1.165) is 11.3 Å². The second-order valence-electron chi connectivity index (χ2n) is 3.42. The number of rotatable bonds is 5. The van der Waals surface area contributed by atoms with Crippen LogP contribution in [0.2, 0.25) is 0 Å². The Balaban J connectivity index is 2.91. The number of hydrogen-bond donors (Lipinski definition) is 0. The third-order valence-corrected chi connectivity index (χ3v) is 2.30. The minimum atomic E-state index is -0.235. The van der Waals surface area contributed by atoms with Crippen molar-refractivity contribution in [3.8, 4) is 5.75 Å². The number of Topliss-reactive ketones (excluding diaryl/α,β-unsaturated/α-hetero) is 1. The SMILES string of the molecule is COc1ccc(C(CC(C)=O)N=C=S)cc1. The van der Waals surface area contributed by atoms with Crippen molar-refractivity contribution in [2.75, 3.05) is 7.11 Å². The van der Waals surface area contributed by atoms with Crippen molar-refractivity contribution in [2.24, 2.45) is 4.99 Å². The van der Waals surface area contributed by atoms with Gasteiger partial charge in [0.15, 0.2) is 0 Å². The Morgan fingerprint density at radius 2 is 2.12 bits per heavy atom. The summed E-state index contributed by atoms with van der Waals surface area (Å²) in [6, 6.07) is 7.19. The molecule has 16 heavy (non-hydrogen) atoms. The van der Waals surface area contributed by atoms with Gasteiger partial charge in [-0.05, 0) is 36.8 Å². The molecule has 0 fully saturated rings. The number of hydrogen-bond acceptors (Lipinski definition) is 4. The lowest BCUT2D eigenvalue weighted by Crippen LogP contribution is -2.01.